The molecule has 0 aliphatic carbocycles. The third kappa shape index (κ3) is 1.84. The van der Waals surface area contributed by atoms with E-state index in [2.05, 4.69) is 15.5 Å². The number of rotatable bonds is 4. The van der Waals surface area contributed by atoms with Gasteiger partial charge in [-0.05, 0) is 6.92 Å². The van der Waals surface area contributed by atoms with Crippen LogP contribution in [0.5, 0.6) is 0 Å². The fraction of sp³-hybridized carbons (Fsp3) is 0.400. The zero-order valence-electron chi connectivity index (χ0n) is 9.46. The summed E-state index contributed by atoms with van der Waals surface area (Å²) in [4.78, 5) is 4.08. The molecule has 0 fully saturated rings. The Balaban J connectivity index is 2.32. The van der Waals surface area contributed by atoms with Crippen molar-refractivity contribution >= 4 is 0 Å². The zero-order valence-corrected chi connectivity index (χ0v) is 9.46. The predicted octanol–water partition coefficient (Wildman–Crippen LogP) is 0.189. The molecule has 0 amide bonds. The number of nitrogens with zero attached hydrogens (tertiary/aromatic N) is 4. The molecular formula is C10H16N6. The Labute approximate surface area is 94.1 Å². The normalized spacial score (nSPS) is 12.9. The maximum atomic E-state index is 5.59. The van der Waals surface area contributed by atoms with E-state index in [1.54, 1.807) is 12.5 Å². The van der Waals surface area contributed by atoms with Crippen LogP contribution in [0.15, 0.2) is 24.9 Å². The summed E-state index contributed by atoms with van der Waals surface area (Å²) in [5.41, 5.74) is 4.83. The van der Waals surface area contributed by atoms with E-state index < -0.39 is 0 Å². The minimum absolute atomic E-state index is 0.0761. The number of hydrazine groups is 1. The number of hydrogen-bond donors (Lipinski definition) is 2. The molecule has 2 aromatic rings. The average molecular weight is 220 g/mol. The molecule has 2 aromatic heterocycles. The second-order valence-corrected chi connectivity index (χ2v) is 3.66. The Morgan fingerprint density at radius 1 is 1.50 bits per heavy atom. The van der Waals surface area contributed by atoms with Gasteiger partial charge in [-0.25, -0.2) is 10.4 Å². The molecule has 0 aromatic carbocycles. The minimum Gasteiger partial charge on any atom is -0.336 e. The van der Waals surface area contributed by atoms with E-state index in [0.717, 1.165) is 17.8 Å². The van der Waals surface area contributed by atoms with E-state index >= 15 is 0 Å². The van der Waals surface area contributed by atoms with E-state index in [-0.39, 0.29) is 6.04 Å². The molecule has 1 atom stereocenters. The first kappa shape index (κ1) is 10.8. The summed E-state index contributed by atoms with van der Waals surface area (Å²) in [6.45, 7) is 2.90. The van der Waals surface area contributed by atoms with Crippen LogP contribution in [0.3, 0.4) is 0 Å². The Hall–Kier alpha value is -1.66. The molecule has 2 rings (SSSR count). The highest BCUT2D eigenvalue weighted by atomic mass is 15.3. The van der Waals surface area contributed by atoms with Gasteiger partial charge in [-0.3, -0.25) is 10.5 Å². The first-order chi connectivity index (χ1) is 7.76. The van der Waals surface area contributed by atoms with Crippen molar-refractivity contribution in [2.75, 3.05) is 0 Å². The topological polar surface area (TPSA) is 73.7 Å². The molecular weight excluding hydrogens is 204 g/mol. The van der Waals surface area contributed by atoms with E-state index in [9.17, 15) is 0 Å². The summed E-state index contributed by atoms with van der Waals surface area (Å²) in [6.07, 6.45) is 7.36. The monoisotopic (exact) mass is 220 g/mol. The third-order valence-electron chi connectivity index (χ3n) is 2.63. The van der Waals surface area contributed by atoms with Crippen molar-refractivity contribution in [3.05, 3.63) is 36.2 Å². The molecule has 3 N–H and O–H groups in total. The van der Waals surface area contributed by atoms with Gasteiger partial charge in [0.15, 0.2) is 0 Å². The Bertz CT molecular complexity index is 457. The van der Waals surface area contributed by atoms with E-state index in [0.29, 0.717) is 0 Å². The van der Waals surface area contributed by atoms with Gasteiger partial charge in [-0.2, -0.15) is 5.10 Å². The second kappa shape index (κ2) is 4.46. The summed E-state index contributed by atoms with van der Waals surface area (Å²) in [6, 6.07) is -0.0761. The molecule has 6 nitrogen and oxygen atoms in total. The van der Waals surface area contributed by atoms with Gasteiger partial charge in [0.25, 0.3) is 0 Å². The van der Waals surface area contributed by atoms with Gasteiger partial charge in [0.2, 0.25) is 0 Å². The van der Waals surface area contributed by atoms with Crippen molar-refractivity contribution < 1.29 is 0 Å². The maximum Gasteiger partial charge on any atom is 0.0946 e. The van der Waals surface area contributed by atoms with Gasteiger partial charge >= 0.3 is 0 Å². The lowest BCUT2D eigenvalue weighted by Gasteiger charge is -2.14. The fourth-order valence-electron chi connectivity index (χ4n) is 1.70. The van der Waals surface area contributed by atoms with Crippen LogP contribution in [0.25, 0.3) is 0 Å². The maximum absolute atomic E-state index is 5.59. The lowest BCUT2D eigenvalue weighted by molar-refractivity contribution is 0.594. The molecule has 1 unspecified atom stereocenters. The van der Waals surface area contributed by atoms with Gasteiger partial charge in [0.05, 0.1) is 30.5 Å². The van der Waals surface area contributed by atoms with Crippen LogP contribution in [0, 0.1) is 0 Å². The molecule has 0 saturated carbocycles. The minimum atomic E-state index is -0.0761. The molecule has 0 aliphatic rings. The number of aryl methyl sites for hydroxylation is 2. The van der Waals surface area contributed by atoms with Gasteiger partial charge in [0, 0.05) is 25.4 Å². The first-order valence-electron chi connectivity index (χ1n) is 5.21. The lowest BCUT2D eigenvalue weighted by Crippen LogP contribution is -2.29. The fourth-order valence-corrected chi connectivity index (χ4v) is 1.70. The number of imidazole rings is 1. The summed E-state index contributed by atoms with van der Waals surface area (Å²) >= 11 is 0. The summed E-state index contributed by atoms with van der Waals surface area (Å²) in [5.74, 6) is 5.59. The molecule has 2 heterocycles. The Morgan fingerprint density at radius 3 is 2.81 bits per heavy atom. The zero-order chi connectivity index (χ0) is 11.5. The van der Waals surface area contributed by atoms with Gasteiger partial charge < -0.3 is 4.57 Å². The molecule has 86 valence electrons. The van der Waals surface area contributed by atoms with Crippen molar-refractivity contribution in [1.82, 2.24) is 24.8 Å². The van der Waals surface area contributed by atoms with Crippen molar-refractivity contribution in [3.63, 3.8) is 0 Å². The molecule has 0 saturated heterocycles. The quantitative estimate of drug-likeness (QED) is 0.570. The van der Waals surface area contributed by atoms with Gasteiger partial charge in [-0.1, -0.05) is 0 Å². The second-order valence-electron chi connectivity index (χ2n) is 3.66. The van der Waals surface area contributed by atoms with E-state index in [1.165, 1.54) is 0 Å². The highest BCUT2D eigenvalue weighted by Gasteiger charge is 2.17. The molecule has 0 bridgehead atoms. The van der Waals surface area contributed by atoms with Crippen LogP contribution >= 0.6 is 0 Å². The van der Waals surface area contributed by atoms with Crippen LogP contribution in [-0.4, -0.2) is 19.3 Å². The highest BCUT2D eigenvalue weighted by molar-refractivity contribution is 5.22. The van der Waals surface area contributed by atoms with Crippen molar-refractivity contribution in [3.8, 4) is 0 Å². The molecule has 0 spiro atoms. The predicted molar refractivity (Wildman–Crippen MR) is 60.3 cm³/mol. The third-order valence-corrected chi connectivity index (χ3v) is 2.63. The van der Waals surface area contributed by atoms with Crippen LogP contribution in [0.1, 0.15) is 24.2 Å². The molecule has 6 heteroatoms. The van der Waals surface area contributed by atoms with Crippen molar-refractivity contribution in [2.24, 2.45) is 12.9 Å². The number of nitrogens with two attached hydrogens (primary N) is 1. The number of aromatic nitrogens is 4. The van der Waals surface area contributed by atoms with Gasteiger partial charge in [0.1, 0.15) is 0 Å². The standard InChI is InChI=1S/C10H16N6/c1-3-16-6-8(4-13-16)10(14-11)9-5-12-7-15(9)2/h4-7,10,14H,3,11H2,1-2H3. The van der Waals surface area contributed by atoms with Crippen LogP contribution in [0.2, 0.25) is 0 Å². The van der Waals surface area contributed by atoms with Crippen molar-refractivity contribution in [1.29, 1.82) is 0 Å². The summed E-state index contributed by atoms with van der Waals surface area (Å²) in [7, 11) is 1.94. The number of hydrogen-bond acceptors (Lipinski definition) is 4. The lowest BCUT2D eigenvalue weighted by atomic mass is 10.1. The highest BCUT2D eigenvalue weighted by Crippen LogP contribution is 2.19. The summed E-state index contributed by atoms with van der Waals surface area (Å²) in [5, 5.41) is 4.23. The van der Waals surface area contributed by atoms with E-state index in [1.807, 2.05) is 35.6 Å². The summed E-state index contributed by atoms with van der Waals surface area (Å²) < 4.78 is 3.81. The SMILES string of the molecule is CCn1cc(C(NN)c2cncn2C)cn1. The van der Waals surface area contributed by atoms with Crippen LogP contribution in [-0.2, 0) is 13.6 Å². The molecule has 16 heavy (non-hydrogen) atoms. The molecule has 0 aliphatic heterocycles. The van der Waals surface area contributed by atoms with Crippen LogP contribution in [0.4, 0.5) is 0 Å². The first-order valence-corrected chi connectivity index (χ1v) is 5.21. The Morgan fingerprint density at radius 2 is 2.31 bits per heavy atom. The molecule has 0 radical (unpaired) electrons. The smallest absolute Gasteiger partial charge is 0.0946 e. The largest absolute Gasteiger partial charge is 0.336 e. The van der Waals surface area contributed by atoms with E-state index in [4.69, 9.17) is 5.84 Å². The average Bonchev–Trinajstić information content (AvgIpc) is 2.90. The van der Waals surface area contributed by atoms with Crippen molar-refractivity contribution in [2.45, 2.75) is 19.5 Å². The van der Waals surface area contributed by atoms with Gasteiger partial charge in [-0.15, -0.1) is 0 Å². The number of nitrogens with one attached hydrogen (secondary N) is 1. The van der Waals surface area contributed by atoms with Crippen LogP contribution < -0.4 is 11.3 Å². The Kier molecular flexibility index (Phi) is 3.02.